The number of hydrogen-bond acceptors (Lipinski definition) is 3. The average molecular weight is 254 g/mol. The molecule has 2 N–H and O–H groups in total. The quantitative estimate of drug-likeness (QED) is 0.790. The maximum Gasteiger partial charge on any atom is 0.225 e. The number of nitrogens with zero attached hydrogens (tertiary/aromatic N) is 1. The normalized spacial score (nSPS) is 31.3. The van der Waals surface area contributed by atoms with Gasteiger partial charge in [-0.05, 0) is 38.3 Å². The van der Waals surface area contributed by atoms with Crippen LogP contribution in [0, 0.1) is 11.8 Å². The van der Waals surface area contributed by atoms with Crippen LogP contribution in [0.2, 0.25) is 0 Å². The molecule has 2 aliphatic rings. The summed E-state index contributed by atoms with van der Waals surface area (Å²) in [6.07, 6.45) is 4.77. The van der Waals surface area contributed by atoms with E-state index in [-0.39, 0.29) is 11.8 Å². The van der Waals surface area contributed by atoms with Gasteiger partial charge in [-0.1, -0.05) is 19.8 Å². The number of nitrogens with one attached hydrogen (secondary N) is 1. The first-order valence-electron chi connectivity index (χ1n) is 7.20. The van der Waals surface area contributed by atoms with E-state index >= 15 is 0 Å². The summed E-state index contributed by atoms with van der Waals surface area (Å²) in [5.74, 6) is 0.734. The van der Waals surface area contributed by atoms with E-state index in [0.29, 0.717) is 12.5 Å². The van der Waals surface area contributed by atoms with Crippen molar-refractivity contribution < 1.29 is 9.90 Å². The van der Waals surface area contributed by atoms with E-state index in [1.807, 2.05) is 7.05 Å². The predicted molar refractivity (Wildman–Crippen MR) is 71.2 cm³/mol. The molecule has 1 saturated carbocycles. The molecule has 104 valence electrons. The fraction of sp³-hybridized carbons (Fsp3) is 0.929. The highest BCUT2D eigenvalue weighted by Crippen LogP contribution is 2.31. The van der Waals surface area contributed by atoms with Gasteiger partial charge in [0, 0.05) is 19.5 Å². The molecule has 1 heterocycles. The lowest BCUT2D eigenvalue weighted by atomic mass is 9.86. The van der Waals surface area contributed by atoms with Crippen LogP contribution in [0.3, 0.4) is 0 Å². The number of likely N-dealkylation sites (N-methyl/N-ethyl adjacent to an activating group) is 1. The predicted octanol–water partition coefficient (Wildman–Crippen LogP) is 0.995. The summed E-state index contributed by atoms with van der Waals surface area (Å²) < 4.78 is 0. The van der Waals surface area contributed by atoms with Gasteiger partial charge in [0.1, 0.15) is 0 Å². The van der Waals surface area contributed by atoms with Crippen molar-refractivity contribution in [1.82, 2.24) is 10.2 Å². The third-order valence-electron chi connectivity index (χ3n) is 4.54. The van der Waals surface area contributed by atoms with Crippen molar-refractivity contribution >= 4 is 5.91 Å². The van der Waals surface area contributed by atoms with E-state index < -0.39 is 5.60 Å². The summed E-state index contributed by atoms with van der Waals surface area (Å²) in [5, 5.41) is 13.7. The number of aliphatic hydroxyl groups is 1. The molecular weight excluding hydrogens is 228 g/mol. The van der Waals surface area contributed by atoms with Gasteiger partial charge >= 0.3 is 0 Å². The minimum atomic E-state index is -0.624. The van der Waals surface area contributed by atoms with Crippen LogP contribution < -0.4 is 5.32 Å². The molecule has 2 rings (SSSR count). The molecule has 0 aromatic carbocycles. The van der Waals surface area contributed by atoms with E-state index in [1.165, 1.54) is 0 Å². The number of rotatable bonds is 3. The van der Waals surface area contributed by atoms with E-state index in [2.05, 4.69) is 12.2 Å². The van der Waals surface area contributed by atoms with Crippen LogP contribution in [0.5, 0.6) is 0 Å². The topological polar surface area (TPSA) is 52.6 Å². The molecule has 0 radical (unpaired) electrons. The lowest BCUT2D eigenvalue weighted by molar-refractivity contribution is -0.139. The number of piperidine rings is 1. The van der Waals surface area contributed by atoms with Crippen molar-refractivity contribution in [3.05, 3.63) is 0 Å². The van der Waals surface area contributed by atoms with E-state index in [4.69, 9.17) is 0 Å². The first kappa shape index (κ1) is 13.8. The Morgan fingerprint density at radius 2 is 2.11 bits per heavy atom. The highest BCUT2D eigenvalue weighted by Gasteiger charge is 2.36. The first-order chi connectivity index (χ1) is 8.52. The van der Waals surface area contributed by atoms with Crippen molar-refractivity contribution in [2.45, 2.75) is 44.6 Å². The molecule has 4 nitrogen and oxygen atoms in total. The molecule has 1 amide bonds. The molecule has 0 spiro atoms. The van der Waals surface area contributed by atoms with Gasteiger partial charge in [0.05, 0.1) is 5.60 Å². The molecule has 0 aromatic heterocycles. The lowest BCUT2D eigenvalue weighted by Gasteiger charge is -2.35. The van der Waals surface area contributed by atoms with Crippen molar-refractivity contribution in [2.75, 3.05) is 26.7 Å². The second-order valence-corrected chi connectivity index (χ2v) is 6.20. The fourth-order valence-corrected chi connectivity index (χ4v) is 3.37. The second kappa shape index (κ2) is 5.57. The van der Waals surface area contributed by atoms with Crippen LogP contribution in [0.1, 0.15) is 39.0 Å². The zero-order valence-electron chi connectivity index (χ0n) is 11.6. The Morgan fingerprint density at radius 3 is 2.72 bits per heavy atom. The van der Waals surface area contributed by atoms with Gasteiger partial charge in [-0.25, -0.2) is 0 Å². The molecule has 1 saturated heterocycles. The molecule has 1 aliphatic carbocycles. The number of hydrogen-bond donors (Lipinski definition) is 2. The van der Waals surface area contributed by atoms with Crippen LogP contribution in [0.4, 0.5) is 0 Å². The van der Waals surface area contributed by atoms with Gasteiger partial charge in [0.25, 0.3) is 0 Å². The smallest absolute Gasteiger partial charge is 0.225 e. The van der Waals surface area contributed by atoms with Gasteiger partial charge in [-0.2, -0.15) is 0 Å². The summed E-state index contributed by atoms with van der Waals surface area (Å²) in [5.41, 5.74) is -0.624. The zero-order chi connectivity index (χ0) is 13.2. The minimum Gasteiger partial charge on any atom is -0.388 e. The monoisotopic (exact) mass is 254 g/mol. The SMILES string of the molecule is CC1CNCCC1C(=O)N(C)CC1(O)CCCC1. The summed E-state index contributed by atoms with van der Waals surface area (Å²) in [6, 6.07) is 0. The molecule has 0 bridgehead atoms. The van der Waals surface area contributed by atoms with Crippen molar-refractivity contribution in [3.8, 4) is 0 Å². The highest BCUT2D eigenvalue weighted by molar-refractivity contribution is 5.79. The van der Waals surface area contributed by atoms with Crippen LogP contribution in [-0.2, 0) is 4.79 Å². The Labute approximate surface area is 110 Å². The second-order valence-electron chi connectivity index (χ2n) is 6.20. The molecule has 2 fully saturated rings. The molecule has 2 atom stereocenters. The third-order valence-corrected chi connectivity index (χ3v) is 4.54. The Kier molecular flexibility index (Phi) is 4.28. The van der Waals surface area contributed by atoms with Crippen molar-refractivity contribution in [1.29, 1.82) is 0 Å². The number of carbonyl (C=O) groups excluding carboxylic acids is 1. The van der Waals surface area contributed by atoms with Crippen molar-refractivity contribution in [2.24, 2.45) is 11.8 Å². The number of amides is 1. The van der Waals surface area contributed by atoms with Crippen LogP contribution >= 0.6 is 0 Å². The maximum atomic E-state index is 12.4. The fourth-order valence-electron chi connectivity index (χ4n) is 3.37. The first-order valence-corrected chi connectivity index (χ1v) is 7.20. The standard InChI is InChI=1S/C14H26N2O2/c1-11-9-15-8-5-12(11)13(17)16(2)10-14(18)6-3-4-7-14/h11-12,15,18H,3-10H2,1-2H3. The van der Waals surface area contributed by atoms with E-state index in [0.717, 1.165) is 45.2 Å². The van der Waals surface area contributed by atoms with Gasteiger partial charge in [-0.3, -0.25) is 4.79 Å². The summed E-state index contributed by atoms with van der Waals surface area (Å²) in [4.78, 5) is 14.2. The van der Waals surface area contributed by atoms with Crippen LogP contribution in [-0.4, -0.2) is 48.2 Å². The third kappa shape index (κ3) is 3.04. The van der Waals surface area contributed by atoms with E-state index in [1.54, 1.807) is 4.90 Å². The lowest BCUT2D eigenvalue weighted by Crippen LogP contribution is -2.48. The number of carbonyl (C=O) groups is 1. The van der Waals surface area contributed by atoms with Crippen molar-refractivity contribution in [3.63, 3.8) is 0 Å². The van der Waals surface area contributed by atoms with Crippen LogP contribution in [0.15, 0.2) is 0 Å². The van der Waals surface area contributed by atoms with E-state index in [9.17, 15) is 9.90 Å². The summed E-state index contributed by atoms with van der Waals surface area (Å²) in [7, 11) is 1.84. The van der Waals surface area contributed by atoms with Crippen LogP contribution in [0.25, 0.3) is 0 Å². The molecular formula is C14H26N2O2. The Hall–Kier alpha value is -0.610. The summed E-state index contributed by atoms with van der Waals surface area (Å²) in [6.45, 7) is 4.49. The van der Waals surface area contributed by atoms with Gasteiger partial charge in [0.2, 0.25) is 5.91 Å². The molecule has 1 aliphatic heterocycles. The van der Waals surface area contributed by atoms with Gasteiger partial charge in [-0.15, -0.1) is 0 Å². The van der Waals surface area contributed by atoms with Gasteiger partial charge < -0.3 is 15.3 Å². The average Bonchev–Trinajstić information content (AvgIpc) is 2.75. The summed E-state index contributed by atoms with van der Waals surface area (Å²) >= 11 is 0. The largest absolute Gasteiger partial charge is 0.388 e. The minimum absolute atomic E-state index is 0.126. The molecule has 4 heteroatoms. The zero-order valence-corrected chi connectivity index (χ0v) is 11.6. The Morgan fingerprint density at radius 1 is 1.44 bits per heavy atom. The Bertz CT molecular complexity index is 300. The van der Waals surface area contributed by atoms with Gasteiger partial charge in [0.15, 0.2) is 0 Å². The molecule has 0 aromatic rings. The highest BCUT2D eigenvalue weighted by atomic mass is 16.3. The maximum absolute atomic E-state index is 12.4. The Balaban J connectivity index is 1.91. The molecule has 2 unspecified atom stereocenters. The molecule has 18 heavy (non-hydrogen) atoms.